The second kappa shape index (κ2) is 6.35. The van der Waals surface area contributed by atoms with E-state index in [1.807, 2.05) is 13.8 Å². The average Bonchev–Trinajstić information content (AvgIpc) is 2.13. The minimum absolute atomic E-state index is 0.0187. The highest BCUT2D eigenvalue weighted by Crippen LogP contribution is 2.06. The van der Waals surface area contributed by atoms with E-state index in [0.29, 0.717) is 12.8 Å². The van der Waals surface area contributed by atoms with Gasteiger partial charge in [0.15, 0.2) is 5.78 Å². The Labute approximate surface area is 90.4 Å². The molecule has 15 heavy (non-hydrogen) atoms. The minimum atomic E-state index is -0.453. The van der Waals surface area contributed by atoms with Crippen molar-refractivity contribution in [3.8, 4) is 0 Å². The molecule has 0 rings (SSSR count). The van der Waals surface area contributed by atoms with Crippen molar-refractivity contribution in [3.63, 3.8) is 0 Å². The molecular weight excluding hydrogens is 194 g/mol. The average molecular weight is 213 g/mol. The SMILES string of the molecule is CCC(=O)/C=C/C(=O)NC(C)(C)CCO. The van der Waals surface area contributed by atoms with Crippen LogP contribution in [0.15, 0.2) is 12.2 Å². The van der Waals surface area contributed by atoms with Gasteiger partial charge in [0, 0.05) is 24.6 Å². The molecule has 0 saturated heterocycles. The van der Waals surface area contributed by atoms with Crippen molar-refractivity contribution < 1.29 is 14.7 Å². The molecule has 0 aromatic carbocycles. The summed E-state index contributed by atoms with van der Waals surface area (Å²) < 4.78 is 0. The van der Waals surface area contributed by atoms with Crippen LogP contribution in [0.5, 0.6) is 0 Å². The normalized spacial score (nSPS) is 11.7. The molecule has 0 spiro atoms. The number of rotatable bonds is 6. The van der Waals surface area contributed by atoms with E-state index in [-0.39, 0.29) is 18.3 Å². The molecule has 86 valence electrons. The molecule has 0 aromatic heterocycles. The molecule has 0 aromatic rings. The second-order valence-corrected chi connectivity index (χ2v) is 4.00. The Bertz CT molecular complexity index is 257. The van der Waals surface area contributed by atoms with Crippen molar-refractivity contribution in [1.82, 2.24) is 5.32 Å². The number of aliphatic hydroxyl groups is 1. The summed E-state index contributed by atoms with van der Waals surface area (Å²) in [5, 5.41) is 11.4. The summed E-state index contributed by atoms with van der Waals surface area (Å²) in [4.78, 5) is 22.2. The first kappa shape index (κ1) is 13.8. The lowest BCUT2D eigenvalue weighted by atomic mass is 10.0. The maximum Gasteiger partial charge on any atom is 0.244 e. The summed E-state index contributed by atoms with van der Waals surface area (Å²) >= 11 is 0. The van der Waals surface area contributed by atoms with Crippen molar-refractivity contribution in [2.45, 2.75) is 39.2 Å². The van der Waals surface area contributed by atoms with Gasteiger partial charge in [-0.05, 0) is 26.3 Å². The Morgan fingerprint density at radius 3 is 2.40 bits per heavy atom. The van der Waals surface area contributed by atoms with E-state index < -0.39 is 5.54 Å². The molecule has 0 unspecified atom stereocenters. The zero-order valence-corrected chi connectivity index (χ0v) is 9.54. The Morgan fingerprint density at radius 2 is 1.93 bits per heavy atom. The lowest BCUT2D eigenvalue weighted by molar-refractivity contribution is -0.119. The predicted octanol–water partition coefficient (Wildman–Crippen LogP) is 0.799. The summed E-state index contributed by atoms with van der Waals surface area (Å²) in [6.45, 7) is 5.39. The van der Waals surface area contributed by atoms with Crippen molar-refractivity contribution in [1.29, 1.82) is 0 Å². The first-order chi connectivity index (χ1) is 6.91. The third-order valence-electron chi connectivity index (χ3n) is 1.97. The summed E-state index contributed by atoms with van der Waals surface area (Å²) in [6, 6.07) is 0. The Hall–Kier alpha value is -1.16. The highest BCUT2D eigenvalue weighted by Gasteiger charge is 2.18. The number of allylic oxidation sites excluding steroid dienone is 1. The van der Waals surface area contributed by atoms with Gasteiger partial charge in [0.25, 0.3) is 0 Å². The van der Waals surface area contributed by atoms with Crippen LogP contribution in [0.4, 0.5) is 0 Å². The standard InChI is InChI=1S/C11H19NO3/c1-4-9(14)5-6-10(15)12-11(2,3)7-8-13/h5-6,13H,4,7-8H2,1-3H3,(H,12,15)/b6-5+. The van der Waals surface area contributed by atoms with Gasteiger partial charge in [-0.25, -0.2) is 0 Å². The first-order valence-electron chi connectivity index (χ1n) is 5.05. The number of carbonyl (C=O) groups is 2. The predicted molar refractivity (Wildman–Crippen MR) is 58.4 cm³/mol. The number of amides is 1. The molecule has 0 aliphatic carbocycles. The molecular formula is C11H19NO3. The fourth-order valence-electron chi connectivity index (χ4n) is 1.00. The Kier molecular flexibility index (Phi) is 5.86. The largest absolute Gasteiger partial charge is 0.396 e. The van der Waals surface area contributed by atoms with Crippen LogP contribution in [-0.2, 0) is 9.59 Å². The number of carbonyl (C=O) groups excluding carboxylic acids is 2. The molecule has 0 aliphatic rings. The van der Waals surface area contributed by atoms with E-state index in [2.05, 4.69) is 5.32 Å². The summed E-state index contributed by atoms with van der Waals surface area (Å²) in [5.74, 6) is -0.389. The molecule has 0 saturated carbocycles. The van der Waals surface area contributed by atoms with Crippen LogP contribution in [0.2, 0.25) is 0 Å². The lowest BCUT2D eigenvalue weighted by Gasteiger charge is -2.24. The van der Waals surface area contributed by atoms with Crippen LogP contribution in [0, 0.1) is 0 Å². The smallest absolute Gasteiger partial charge is 0.244 e. The van der Waals surface area contributed by atoms with Crippen LogP contribution in [0.25, 0.3) is 0 Å². The Balaban J connectivity index is 4.14. The van der Waals surface area contributed by atoms with Crippen molar-refractivity contribution in [3.05, 3.63) is 12.2 Å². The third-order valence-corrected chi connectivity index (χ3v) is 1.97. The highest BCUT2D eigenvalue weighted by atomic mass is 16.3. The molecule has 2 N–H and O–H groups in total. The van der Waals surface area contributed by atoms with Gasteiger partial charge < -0.3 is 10.4 Å². The number of nitrogens with one attached hydrogen (secondary N) is 1. The topological polar surface area (TPSA) is 66.4 Å². The molecule has 4 heteroatoms. The van der Waals surface area contributed by atoms with Gasteiger partial charge in [0.1, 0.15) is 0 Å². The van der Waals surface area contributed by atoms with E-state index in [1.165, 1.54) is 12.2 Å². The minimum Gasteiger partial charge on any atom is -0.396 e. The summed E-state index contributed by atoms with van der Waals surface area (Å²) in [6.07, 6.45) is 3.37. The zero-order chi connectivity index (χ0) is 11.9. The molecule has 4 nitrogen and oxygen atoms in total. The first-order valence-corrected chi connectivity index (χ1v) is 5.05. The van der Waals surface area contributed by atoms with Gasteiger partial charge in [-0.1, -0.05) is 6.92 Å². The monoisotopic (exact) mass is 213 g/mol. The highest BCUT2D eigenvalue weighted by molar-refractivity contribution is 5.97. The van der Waals surface area contributed by atoms with Crippen molar-refractivity contribution >= 4 is 11.7 Å². The van der Waals surface area contributed by atoms with E-state index in [1.54, 1.807) is 6.92 Å². The van der Waals surface area contributed by atoms with Crippen molar-refractivity contribution in [2.24, 2.45) is 0 Å². The van der Waals surface area contributed by atoms with Gasteiger partial charge in [-0.3, -0.25) is 9.59 Å². The summed E-state index contributed by atoms with van der Waals surface area (Å²) in [7, 11) is 0. The van der Waals surface area contributed by atoms with E-state index in [4.69, 9.17) is 5.11 Å². The van der Waals surface area contributed by atoms with Crippen LogP contribution < -0.4 is 5.32 Å². The maximum atomic E-state index is 11.3. The quantitative estimate of drug-likeness (QED) is 0.641. The van der Waals surface area contributed by atoms with Gasteiger partial charge in [-0.2, -0.15) is 0 Å². The van der Waals surface area contributed by atoms with Crippen LogP contribution in [-0.4, -0.2) is 28.9 Å². The number of aliphatic hydroxyl groups excluding tert-OH is 1. The second-order valence-electron chi connectivity index (χ2n) is 4.00. The van der Waals surface area contributed by atoms with Gasteiger partial charge in [0.05, 0.1) is 0 Å². The molecule has 0 radical (unpaired) electrons. The Morgan fingerprint density at radius 1 is 1.33 bits per heavy atom. The molecule has 0 atom stereocenters. The molecule has 0 heterocycles. The van der Waals surface area contributed by atoms with E-state index in [0.717, 1.165) is 0 Å². The fraction of sp³-hybridized carbons (Fsp3) is 0.636. The molecule has 1 amide bonds. The van der Waals surface area contributed by atoms with Gasteiger partial charge in [-0.15, -0.1) is 0 Å². The third kappa shape index (κ3) is 6.85. The number of ketones is 1. The zero-order valence-electron chi connectivity index (χ0n) is 9.54. The van der Waals surface area contributed by atoms with E-state index in [9.17, 15) is 9.59 Å². The van der Waals surface area contributed by atoms with E-state index >= 15 is 0 Å². The van der Waals surface area contributed by atoms with Crippen LogP contribution in [0.1, 0.15) is 33.6 Å². The van der Waals surface area contributed by atoms with Gasteiger partial charge >= 0.3 is 0 Å². The van der Waals surface area contributed by atoms with Crippen LogP contribution >= 0.6 is 0 Å². The lowest BCUT2D eigenvalue weighted by Crippen LogP contribution is -2.43. The van der Waals surface area contributed by atoms with Crippen molar-refractivity contribution in [2.75, 3.05) is 6.61 Å². The van der Waals surface area contributed by atoms with Crippen LogP contribution in [0.3, 0.4) is 0 Å². The number of hydrogen-bond donors (Lipinski definition) is 2. The molecule has 0 aliphatic heterocycles. The van der Waals surface area contributed by atoms with Gasteiger partial charge in [0.2, 0.25) is 5.91 Å². The molecule has 0 bridgehead atoms. The summed E-state index contributed by atoms with van der Waals surface area (Å²) in [5.41, 5.74) is -0.453. The fourth-order valence-corrected chi connectivity index (χ4v) is 1.00. The molecule has 0 fully saturated rings. The number of hydrogen-bond acceptors (Lipinski definition) is 3. The maximum absolute atomic E-state index is 11.3.